The lowest BCUT2D eigenvalue weighted by atomic mass is 9.95. The zero-order valence-corrected chi connectivity index (χ0v) is 20.8. The van der Waals surface area contributed by atoms with E-state index < -0.39 is 6.04 Å². The van der Waals surface area contributed by atoms with Crippen LogP contribution in [0.2, 0.25) is 0 Å². The Labute approximate surface area is 212 Å². The number of anilines is 1. The Kier molecular flexibility index (Phi) is 7.03. The molecule has 2 aliphatic rings. The van der Waals surface area contributed by atoms with Gasteiger partial charge in [0, 0.05) is 23.5 Å². The van der Waals surface area contributed by atoms with Crippen LogP contribution in [0, 0.1) is 0 Å². The highest BCUT2D eigenvalue weighted by atomic mass is 16.2. The van der Waals surface area contributed by atoms with Crippen molar-refractivity contribution in [1.29, 1.82) is 0 Å². The molecule has 0 bridgehead atoms. The van der Waals surface area contributed by atoms with Crippen molar-refractivity contribution in [2.24, 2.45) is 0 Å². The predicted molar refractivity (Wildman–Crippen MR) is 142 cm³/mol. The van der Waals surface area contributed by atoms with E-state index in [-0.39, 0.29) is 30.3 Å². The summed E-state index contributed by atoms with van der Waals surface area (Å²) in [5.41, 5.74) is 2.32. The Morgan fingerprint density at radius 1 is 0.972 bits per heavy atom. The molecule has 1 atom stereocenters. The van der Waals surface area contributed by atoms with E-state index in [1.165, 1.54) is 6.42 Å². The summed E-state index contributed by atoms with van der Waals surface area (Å²) in [4.78, 5) is 43.8. The molecule has 0 saturated heterocycles. The Hall–Kier alpha value is -3.67. The Morgan fingerprint density at radius 2 is 1.69 bits per heavy atom. The average Bonchev–Trinajstić information content (AvgIpc) is 3.17. The number of nitrogens with one attached hydrogen (secondary N) is 1. The fourth-order valence-corrected chi connectivity index (χ4v) is 5.61. The van der Waals surface area contributed by atoms with Gasteiger partial charge in [-0.15, -0.1) is 0 Å². The second kappa shape index (κ2) is 10.5. The molecule has 1 aliphatic heterocycles. The summed E-state index contributed by atoms with van der Waals surface area (Å²) < 4.78 is 0. The molecule has 36 heavy (non-hydrogen) atoms. The molecule has 3 aromatic rings. The lowest BCUT2D eigenvalue weighted by molar-refractivity contribution is -0.140. The van der Waals surface area contributed by atoms with Gasteiger partial charge in [-0.05, 0) is 42.3 Å². The van der Waals surface area contributed by atoms with Crippen LogP contribution in [-0.4, -0.2) is 41.2 Å². The molecule has 0 radical (unpaired) electrons. The topological polar surface area (TPSA) is 69.7 Å². The molecule has 5 rings (SSSR count). The average molecular weight is 484 g/mol. The van der Waals surface area contributed by atoms with Gasteiger partial charge in [-0.2, -0.15) is 0 Å². The van der Waals surface area contributed by atoms with E-state index in [0.29, 0.717) is 18.5 Å². The second-order valence-electron chi connectivity index (χ2n) is 9.85. The first-order valence-electron chi connectivity index (χ1n) is 13.0. The van der Waals surface area contributed by atoms with Gasteiger partial charge in [0.25, 0.3) is 5.91 Å². The lowest BCUT2D eigenvalue weighted by Crippen LogP contribution is -2.53. The van der Waals surface area contributed by atoms with Crippen LogP contribution in [0.25, 0.3) is 10.8 Å². The third kappa shape index (κ3) is 4.72. The van der Waals surface area contributed by atoms with Crippen molar-refractivity contribution >= 4 is 34.2 Å². The van der Waals surface area contributed by atoms with E-state index in [0.717, 1.165) is 47.7 Å². The molecule has 1 N–H and O–H groups in total. The fraction of sp³-hybridized carbons (Fsp3) is 0.367. The summed E-state index contributed by atoms with van der Waals surface area (Å²) in [6.07, 6.45) is 5.93. The van der Waals surface area contributed by atoms with Crippen molar-refractivity contribution in [3.8, 4) is 0 Å². The van der Waals surface area contributed by atoms with Crippen LogP contribution in [0.5, 0.6) is 0 Å². The van der Waals surface area contributed by atoms with E-state index in [1.54, 1.807) is 9.80 Å². The summed E-state index contributed by atoms with van der Waals surface area (Å²) >= 11 is 0. The molecule has 6 heteroatoms. The van der Waals surface area contributed by atoms with Gasteiger partial charge in [0.05, 0.1) is 5.69 Å². The molecule has 3 aromatic carbocycles. The van der Waals surface area contributed by atoms with Crippen LogP contribution in [0.4, 0.5) is 5.69 Å². The minimum atomic E-state index is -0.601. The number of hydrogen-bond acceptors (Lipinski definition) is 3. The first-order valence-corrected chi connectivity index (χ1v) is 13.0. The molecule has 1 unspecified atom stereocenters. The molecule has 6 nitrogen and oxygen atoms in total. The van der Waals surface area contributed by atoms with Gasteiger partial charge in [-0.3, -0.25) is 19.3 Å². The van der Waals surface area contributed by atoms with Gasteiger partial charge in [-0.25, -0.2) is 0 Å². The van der Waals surface area contributed by atoms with Crippen molar-refractivity contribution < 1.29 is 14.4 Å². The quantitative estimate of drug-likeness (QED) is 0.487. The maximum atomic E-state index is 13.9. The highest BCUT2D eigenvalue weighted by Crippen LogP contribution is 2.37. The van der Waals surface area contributed by atoms with Crippen LogP contribution in [0.3, 0.4) is 0 Å². The molecular formula is C30H33N3O3. The molecule has 186 valence electrons. The number of rotatable bonds is 8. The zero-order valence-electron chi connectivity index (χ0n) is 20.8. The van der Waals surface area contributed by atoms with Crippen LogP contribution in [0.15, 0.2) is 66.7 Å². The van der Waals surface area contributed by atoms with E-state index in [2.05, 4.69) is 5.32 Å². The van der Waals surface area contributed by atoms with E-state index in [1.807, 2.05) is 73.7 Å². The lowest BCUT2D eigenvalue weighted by Gasteiger charge is -2.33. The zero-order chi connectivity index (χ0) is 25.1. The van der Waals surface area contributed by atoms with Gasteiger partial charge in [-0.1, -0.05) is 80.8 Å². The molecule has 1 heterocycles. The SMILES string of the molecule is CCC(C(=O)NC1CCCCC1)N(Cc1ccccc1)C(=O)CN1C(=O)c2cccc3cccc1c23. The highest BCUT2D eigenvalue weighted by Gasteiger charge is 2.35. The predicted octanol–water partition coefficient (Wildman–Crippen LogP) is 5.06. The molecule has 1 fully saturated rings. The molecule has 3 amide bonds. The largest absolute Gasteiger partial charge is 0.352 e. The summed E-state index contributed by atoms with van der Waals surface area (Å²) in [5.74, 6) is -0.510. The monoisotopic (exact) mass is 483 g/mol. The Balaban J connectivity index is 1.41. The number of hydrogen-bond donors (Lipinski definition) is 1. The molecule has 0 spiro atoms. The van der Waals surface area contributed by atoms with Crippen molar-refractivity contribution in [3.63, 3.8) is 0 Å². The number of nitrogens with zero attached hydrogens (tertiary/aromatic N) is 2. The summed E-state index contributed by atoms with van der Waals surface area (Å²) in [7, 11) is 0. The van der Waals surface area contributed by atoms with Gasteiger partial charge in [0.15, 0.2) is 0 Å². The normalized spacial score (nSPS) is 16.2. The first-order chi connectivity index (χ1) is 17.6. The van der Waals surface area contributed by atoms with Gasteiger partial charge < -0.3 is 10.2 Å². The van der Waals surface area contributed by atoms with Crippen molar-refractivity contribution in [3.05, 3.63) is 77.9 Å². The molecule has 1 saturated carbocycles. The molecular weight excluding hydrogens is 450 g/mol. The minimum Gasteiger partial charge on any atom is -0.352 e. The van der Waals surface area contributed by atoms with Crippen LogP contribution in [0.1, 0.15) is 61.4 Å². The van der Waals surface area contributed by atoms with Gasteiger partial charge in [0.2, 0.25) is 11.8 Å². The van der Waals surface area contributed by atoms with Crippen LogP contribution < -0.4 is 10.2 Å². The maximum Gasteiger partial charge on any atom is 0.259 e. The van der Waals surface area contributed by atoms with Gasteiger partial charge >= 0.3 is 0 Å². The van der Waals surface area contributed by atoms with E-state index >= 15 is 0 Å². The third-order valence-electron chi connectivity index (χ3n) is 7.48. The van der Waals surface area contributed by atoms with Crippen molar-refractivity contribution in [1.82, 2.24) is 10.2 Å². The Bertz CT molecular complexity index is 1260. The molecule has 1 aliphatic carbocycles. The van der Waals surface area contributed by atoms with E-state index in [4.69, 9.17) is 0 Å². The number of benzene rings is 3. The number of carbonyl (C=O) groups is 3. The summed E-state index contributed by atoms with van der Waals surface area (Å²) in [6, 6.07) is 20.7. The number of carbonyl (C=O) groups excluding carboxylic acids is 3. The minimum absolute atomic E-state index is 0.104. The number of amides is 3. The van der Waals surface area contributed by atoms with E-state index in [9.17, 15) is 14.4 Å². The first kappa shape index (κ1) is 24.0. The smallest absolute Gasteiger partial charge is 0.259 e. The van der Waals surface area contributed by atoms with Gasteiger partial charge in [0.1, 0.15) is 12.6 Å². The highest BCUT2D eigenvalue weighted by molar-refractivity contribution is 6.26. The Morgan fingerprint density at radius 3 is 2.42 bits per heavy atom. The third-order valence-corrected chi connectivity index (χ3v) is 7.48. The fourth-order valence-electron chi connectivity index (χ4n) is 5.61. The summed E-state index contributed by atoms with van der Waals surface area (Å²) in [6.45, 7) is 2.15. The van der Waals surface area contributed by atoms with Crippen LogP contribution >= 0.6 is 0 Å². The van der Waals surface area contributed by atoms with Crippen molar-refractivity contribution in [2.75, 3.05) is 11.4 Å². The molecule has 0 aromatic heterocycles. The second-order valence-corrected chi connectivity index (χ2v) is 9.85. The summed E-state index contributed by atoms with van der Waals surface area (Å²) in [5, 5.41) is 5.07. The standard InChI is InChI=1S/C30H33N3O3/c1-2-25(29(35)31-23-15-7-4-8-16-23)32(19-21-11-5-3-6-12-21)27(34)20-33-26-18-10-14-22-13-9-17-24(28(22)26)30(33)36/h3,5-6,9-14,17-18,23,25H,2,4,7-8,15-16,19-20H2,1H3,(H,31,35). The van der Waals surface area contributed by atoms with Crippen molar-refractivity contribution in [2.45, 2.75) is 64.1 Å². The van der Waals surface area contributed by atoms with Crippen LogP contribution in [-0.2, 0) is 16.1 Å². The maximum absolute atomic E-state index is 13.9.